The molecule has 0 amide bonds. The maximum atomic E-state index is 11.1. The van der Waals surface area contributed by atoms with Gasteiger partial charge in [0.15, 0.2) is 0 Å². The standard InChI is InChI=1S/C13H17NO3/c1-14(9-13(7-8-13)12(15)16)10-5-3-4-6-11(10)17-2/h3-6H,7-9H2,1-2H3,(H,15,16). The number of para-hydroxylation sites is 2. The minimum absolute atomic E-state index is 0.530. The van der Waals surface area contributed by atoms with Crippen LogP contribution in [0.25, 0.3) is 0 Å². The Morgan fingerprint density at radius 1 is 1.47 bits per heavy atom. The van der Waals surface area contributed by atoms with Crippen molar-refractivity contribution in [2.24, 2.45) is 5.41 Å². The molecule has 1 aromatic carbocycles. The summed E-state index contributed by atoms with van der Waals surface area (Å²) in [6.45, 7) is 0.530. The Balaban J connectivity index is 2.15. The maximum absolute atomic E-state index is 11.1. The number of ether oxygens (including phenoxy) is 1. The lowest BCUT2D eigenvalue weighted by molar-refractivity contribution is -0.142. The second kappa shape index (κ2) is 4.28. The molecule has 1 aromatic rings. The number of benzene rings is 1. The zero-order chi connectivity index (χ0) is 12.5. The molecule has 0 radical (unpaired) electrons. The normalized spacial score (nSPS) is 16.4. The van der Waals surface area contributed by atoms with Crippen LogP contribution in [-0.2, 0) is 4.79 Å². The van der Waals surface area contributed by atoms with Gasteiger partial charge in [-0.05, 0) is 25.0 Å². The number of anilines is 1. The summed E-state index contributed by atoms with van der Waals surface area (Å²) in [6, 6.07) is 7.65. The predicted octanol–water partition coefficient (Wildman–Crippen LogP) is 2.00. The van der Waals surface area contributed by atoms with Gasteiger partial charge in [0.25, 0.3) is 0 Å². The lowest BCUT2D eigenvalue weighted by Crippen LogP contribution is -2.31. The molecule has 0 saturated heterocycles. The highest BCUT2D eigenvalue weighted by molar-refractivity contribution is 5.79. The molecule has 0 unspecified atom stereocenters. The van der Waals surface area contributed by atoms with Crippen LogP contribution < -0.4 is 9.64 Å². The summed E-state index contributed by atoms with van der Waals surface area (Å²) in [7, 11) is 3.53. The van der Waals surface area contributed by atoms with E-state index in [4.69, 9.17) is 9.84 Å². The van der Waals surface area contributed by atoms with Gasteiger partial charge in [-0.2, -0.15) is 0 Å². The summed E-state index contributed by atoms with van der Waals surface area (Å²) in [5, 5.41) is 9.17. The number of nitrogens with zero attached hydrogens (tertiary/aromatic N) is 1. The van der Waals surface area contributed by atoms with Crippen LogP contribution in [0.5, 0.6) is 5.75 Å². The van der Waals surface area contributed by atoms with Crippen molar-refractivity contribution in [2.75, 3.05) is 25.6 Å². The van der Waals surface area contributed by atoms with Crippen molar-refractivity contribution in [1.82, 2.24) is 0 Å². The molecule has 1 aliphatic rings. The third kappa shape index (κ3) is 2.20. The Kier molecular flexibility index (Phi) is 2.96. The van der Waals surface area contributed by atoms with Crippen molar-refractivity contribution < 1.29 is 14.6 Å². The van der Waals surface area contributed by atoms with E-state index in [9.17, 15) is 4.79 Å². The van der Waals surface area contributed by atoms with Crippen LogP contribution in [0.1, 0.15) is 12.8 Å². The molecule has 92 valence electrons. The number of rotatable bonds is 5. The molecule has 17 heavy (non-hydrogen) atoms. The summed E-state index contributed by atoms with van der Waals surface area (Å²) in [5.41, 5.74) is 0.387. The van der Waals surface area contributed by atoms with Crippen molar-refractivity contribution >= 4 is 11.7 Å². The zero-order valence-electron chi connectivity index (χ0n) is 10.1. The lowest BCUT2D eigenvalue weighted by Gasteiger charge is -2.24. The molecule has 0 aliphatic heterocycles. The number of hydrogen-bond acceptors (Lipinski definition) is 3. The molecular formula is C13H17NO3. The van der Waals surface area contributed by atoms with Crippen LogP contribution in [0, 0.1) is 5.41 Å². The summed E-state index contributed by atoms with van der Waals surface area (Å²) in [4.78, 5) is 13.1. The molecule has 1 saturated carbocycles. The molecular weight excluding hydrogens is 218 g/mol. The Hall–Kier alpha value is -1.71. The topological polar surface area (TPSA) is 49.8 Å². The lowest BCUT2D eigenvalue weighted by atomic mass is 10.1. The highest BCUT2D eigenvalue weighted by Gasteiger charge is 2.51. The summed E-state index contributed by atoms with van der Waals surface area (Å²) < 4.78 is 5.27. The monoisotopic (exact) mass is 235 g/mol. The molecule has 0 aromatic heterocycles. The Morgan fingerprint density at radius 3 is 2.65 bits per heavy atom. The fourth-order valence-electron chi connectivity index (χ4n) is 2.07. The van der Waals surface area contributed by atoms with E-state index in [0.29, 0.717) is 6.54 Å². The van der Waals surface area contributed by atoms with Gasteiger partial charge in [0.05, 0.1) is 18.2 Å². The minimum atomic E-state index is -0.695. The van der Waals surface area contributed by atoms with Crippen LogP contribution >= 0.6 is 0 Å². The predicted molar refractivity (Wildman–Crippen MR) is 65.6 cm³/mol. The van der Waals surface area contributed by atoms with E-state index in [1.165, 1.54) is 0 Å². The highest BCUT2D eigenvalue weighted by Crippen LogP contribution is 2.47. The molecule has 0 atom stereocenters. The number of methoxy groups -OCH3 is 1. The van der Waals surface area contributed by atoms with Gasteiger partial charge in [-0.1, -0.05) is 12.1 Å². The minimum Gasteiger partial charge on any atom is -0.495 e. The molecule has 4 nitrogen and oxygen atoms in total. The van der Waals surface area contributed by atoms with E-state index < -0.39 is 11.4 Å². The van der Waals surface area contributed by atoms with Gasteiger partial charge in [0.1, 0.15) is 5.75 Å². The van der Waals surface area contributed by atoms with E-state index in [2.05, 4.69) is 0 Å². The van der Waals surface area contributed by atoms with Gasteiger partial charge in [0, 0.05) is 13.6 Å². The summed E-state index contributed by atoms with van der Waals surface area (Å²) in [5.74, 6) is 0.0791. The SMILES string of the molecule is COc1ccccc1N(C)CC1(C(=O)O)CC1. The van der Waals surface area contributed by atoms with Gasteiger partial charge >= 0.3 is 5.97 Å². The van der Waals surface area contributed by atoms with E-state index in [-0.39, 0.29) is 0 Å². The highest BCUT2D eigenvalue weighted by atomic mass is 16.5. The quantitative estimate of drug-likeness (QED) is 0.848. The fourth-order valence-corrected chi connectivity index (χ4v) is 2.07. The van der Waals surface area contributed by atoms with Gasteiger partial charge < -0.3 is 14.7 Å². The Labute approximate surface area is 101 Å². The van der Waals surface area contributed by atoms with Gasteiger partial charge in [0.2, 0.25) is 0 Å². The summed E-state index contributed by atoms with van der Waals surface area (Å²) >= 11 is 0. The van der Waals surface area contributed by atoms with Crippen LogP contribution in [-0.4, -0.2) is 31.8 Å². The molecule has 2 rings (SSSR count). The third-order valence-electron chi connectivity index (χ3n) is 3.34. The van der Waals surface area contributed by atoms with E-state index >= 15 is 0 Å². The molecule has 1 N–H and O–H groups in total. The first-order chi connectivity index (χ1) is 8.09. The molecule has 1 fully saturated rings. The fraction of sp³-hybridized carbons (Fsp3) is 0.462. The smallest absolute Gasteiger partial charge is 0.311 e. The largest absolute Gasteiger partial charge is 0.495 e. The van der Waals surface area contributed by atoms with Crippen molar-refractivity contribution in [3.63, 3.8) is 0 Å². The third-order valence-corrected chi connectivity index (χ3v) is 3.34. The Bertz CT molecular complexity index is 426. The van der Waals surface area contributed by atoms with Crippen molar-refractivity contribution in [3.05, 3.63) is 24.3 Å². The summed E-state index contributed by atoms with van der Waals surface area (Å²) in [6.07, 6.45) is 1.53. The molecule has 4 heteroatoms. The first-order valence-electron chi connectivity index (χ1n) is 5.67. The van der Waals surface area contributed by atoms with E-state index in [1.54, 1.807) is 7.11 Å². The maximum Gasteiger partial charge on any atom is 0.311 e. The van der Waals surface area contributed by atoms with Crippen LogP contribution in [0.15, 0.2) is 24.3 Å². The van der Waals surface area contributed by atoms with Crippen LogP contribution in [0.2, 0.25) is 0 Å². The Morgan fingerprint density at radius 2 is 2.12 bits per heavy atom. The molecule has 0 bridgehead atoms. The first kappa shape index (κ1) is 11.8. The number of carboxylic acid groups (broad SMARTS) is 1. The molecule has 1 aliphatic carbocycles. The van der Waals surface area contributed by atoms with Gasteiger partial charge in [-0.25, -0.2) is 0 Å². The van der Waals surface area contributed by atoms with Crippen molar-refractivity contribution in [1.29, 1.82) is 0 Å². The average molecular weight is 235 g/mol. The van der Waals surface area contributed by atoms with Crippen molar-refractivity contribution in [2.45, 2.75) is 12.8 Å². The van der Waals surface area contributed by atoms with Crippen LogP contribution in [0.3, 0.4) is 0 Å². The number of aliphatic carboxylic acids is 1. The van der Waals surface area contributed by atoms with Gasteiger partial charge in [-0.3, -0.25) is 4.79 Å². The molecule has 0 spiro atoms. The zero-order valence-corrected chi connectivity index (χ0v) is 10.1. The van der Waals surface area contributed by atoms with E-state index in [0.717, 1.165) is 24.3 Å². The van der Waals surface area contributed by atoms with Gasteiger partial charge in [-0.15, -0.1) is 0 Å². The average Bonchev–Trinajstić information content (AvgIpc) is 3.10. The number of carbonyl (C=O) groups is 1. The van der Waals surface area contributed by atoms with Crippen molar-refractivity contribution in [3.8, 4) is 5.75 Å². The first-order valence-corrected chi connectivity index (χ1v) is 5.67. The van der Waals surface area contributed by atoms with E-state index in [1.807, 2.05) is 36.2 Å². The number of carboxylic acids is 1. The second-order valence-electron chi connectivity index (χ2n) is 4.61. The number of hydrogen-bond donors (Lipinski definition) is 1. The van der Waals surface area contributed by atoms with Crippen LogP contribution in [0.4, 0.5) is 5.69 Å². The second-order valence-corrected chi connectivity index (χ2v) is 4.61. The molecule has 0 heterocycles.